The van der Waals surface area contributed by atoms with Crippen molar-refractivity contribution in [3.05, 3.63) is 42.8 Å². The van der Waals surface area contributed by atoms with Crippen molar-refractivity contribution < 1.29 is 8.42 Å². The van der Waals surface area contributed by atoms with Crippen molar-refractivity contribution in [2.24, 2.45) is 0 Å². The van der Waals surface area contributed by atoms with E-state index in [4.69, 9.17) is 0 Å². The Hall–Kier alpha value is -0.830. The molecule has 0 spiro atoms. The minimum atomic E-state index is -3.14. The predicted octanol–water partition coefficient (Wildman–Crippen LogP) is 2.38. The predicted molar refractivity (Wildman–Crippen MR) is 58.6 cm³/mol. The van der Waals surface area contributed by atoms with Gasteiger partial charge in [-0.05, 0) is 26.3 Å². The van der Waals surface area contributed by atoms with E-state index in [9.17, 15) is 8.42 Å². The van der Waals surface area contributed by atoms with Gasteiger partial charge in [-0.15, -0.1) is 0 Å². The lowest BCUT2D eigenvalue weighted by atomic mass is 10.2. The zero-order chi connectivity index (χ0) is 10.8. The van der Waals surface area contributed by atoms with Crippen LogP contribution in [0.5, 0.6) is 0 Å². The number of hydrogen-bond donors (Lipinski definition) is 0. The Morgan fingerprint density at radius 3 is 2.07 bits per heavy atom. The van der Waals surface area contributed by atoms with Gasteiger partial charge in [0.2, 0.25) is 0 Å². The van der Waals surface area contributed by atoms with E-state index in [1.54, 1.807) is 26.0 Å². The van der Waals surface area contributed by atoms with Crippen LogP contribution in [0.4, 0.5) is 0 Å². The Morgan fingerprint density at radius 1 is 1.14 bits per heavy atom. The molecule has 0 aromatic heterocycles. The van der Waals surface area contributed by atoms with E-state index >= 15 is 0 Å². The van der Waals surface area contributed by atoms with Gasteiger partial charge in [0.05, 0.1) is 10.5 Å². The van der Waals surface area contributed by atoms with Crippen LogP contribution in [-0.4, -0.2) is 13.7 Å². The van der Waals surface area contributed by atoms with Crippen molar-refractivity contribution in [2.45, 2.75) is 24.3 Å². The quantitative estimate of drug-likeness (QED) is 0.769. The lowest BCUT2D eigenvalue weighted by Crippen LogP contribution is -2.20. The van der Waals surface area contributed by atoms with Gasteiger partial charge in [0, 0.05) is 0 Å². The first-order valence-electron chi connectivity index (χ1n) is 4.57. The SMILES string of the molecule is [CH2]C(c1ccccc1)S(=O)(=O)C(C)C. The number of rotatable bonds is 3. The summed E-state index contributed by atoms with van der Waals surface area (Å²) in [6.45, 7) is 7.07. The Morgan fingerprint density at radius 2 is 1.64 bits per heavy atom. The number of sulfone groups is 1. The molecule has 14 heavy (non-hydrogen) atoms. The monoisotopic (exact) mass is 211 g/mol. The summed E-state index contributed by atoms with van der Waals surface area (Å²) in [5.74, 6) is 0. The molecule has 1 aromatic rings. The average molecular weight is 211 g/mol. The van der Waals surface area contributed by atoms with E-state index in [0.717, 1.165) is 5.56 Å². The van der Waals surface area contributed by atoms with Crippen LogP contribution in [0.3, 0.4) is 0 Å². The molecule has 0 aliphatic carbocycles. The van der Waals surface area contributed by atoms with E-state index in [1.165, 1.54) is 0 Å². The summed E-state index contributed by atoms with van der Waals surface area (Å²) >= 11 is 0. The summed E-state index contributed by atoms with van der Waals surface area (Å²) in [5.41, 5.74) is 0.751. The molecule has 1 unspecified atom stereocenters. The highest BCUT2D eigenvalue weighted by Crippen LogP contribution is 2.24. The highest BCUT2D eigenvalue weighted by molar-refractivity contribution is 7.92. The zero-order valence-electron chi connectivity index (χ0n) is 8.47. The summed E-state index contributed by atoms with van der Waals surface area (Å²) in [6, 6.07) is 9.08. The first-order chi connectivity index (χ1) is 6.46. The third-order valence-electron chi connectivity index (χ3n) is 2.22. The molecular weight excluding hydrogens is 196 g/mol. The molecule has 0 bridgehead atoms. The second kappa shape index (κ2) is 4.13. The van der Waals surface area contributed by atoms with Gasteiger partial charge < -0.3 is 0 Å². The van der Waals surface area contributed by atoms with Gasteiger partial charge >= 0.3 is 0 Å². The lowest BCUT2D eigenvalue weighted by molar-refractivity contribution is 0.581. The molecule has 3 heteroatoms. The third kappa shape index (κ3) is 2.15. The molecule has 1 atom stereocenters. The van der Waals surface area contributed by atoms with E-state index in [1.807, 2.05) is 18.2 Å². The van der Waals surface area contributed by atoms with E-state index < -0.39 is 15.1 Å². The number of benzene rings is 1. The Bertz CT molecular complexity index is 379. The fourth-order valence-electron chi connectivity index (χ4n) is 1.19. The molecule has 0 saturated heterocycles. The van der Waals surface area contributed by atoms with Gasteiger partial charge in [-0.3, -0.25) is 0 Å². The van der Waals surface area contributed by atoms with Gasteiger partial charge in [0.1, 0.15) is 0 Å². The van der Waals surface area contributed by atoms with E-state index in [-0.39, 0.29) is 5.25 Å². The maximum Gasteiger partial charge on any atom is 0.159 e. The molecule has 2 nitrogen and oxygen atoms in total. The summed E-state index contributed by atoms with van der Waals surface area (Å²) in [4.78, 5) is 0. The van der Waals surface area contributed by atoms with E-state index in [0.29, 0.717) is 0 Å². The average Bonchev–Trinajstić information content (AvgIpc) is 2.17. The normalized spacial score (nSPS) is 14.3. The molecule has 1 radical (unpaired) electrons. The molecule has 0 fully saturated rings. The van der Waals surface area contributed by atoms with Crippen LogP contribution in [0.1, 0.15) is 24.7 Å². The smallest absolute Gasteiger partial charge is 0.159 e. The molecule has 0 saturated carbocycles. The van der Waals surface area contributed by atoms with Gasteiger partial charge in [-0.25, -0.2) is 8.42 Å². The lowest BCUT2D eigenvalue weighted by Gasteiger charge is -2.15. The van der Waals surface area contributed by atoms with Crippen LogP contribution in [0.25, 0.3) is 0 Å². The van der Waals surface area contributed by atoms with Crippen LogP contribution in [0, 0.1) is 6.92 Å². The number of hydrogen-bond acceptors (Lipinski definition) is 2. The van der Waals surface area contributed by atoms with Crippen molar-refractivity contribution in [2.75, 3.05) is 0 Å². The molecule has 0 amide bonds. The highest BCUT2D eigenvalue weighted by atomic mass is 32.2. The van der Waals surface area contributed by atoms with Crippen LogP contribution in [0.15, 0.2) is 30.3 Å². The maximum absolute atomic E-state index is 11.8. The van der Waals surface area contributed by atoms with Crippen molar-refractivity contribution in [3.8, 4) is 0 Å². The summed E-state index contributed by atoms with van der Waals surface area (Å²) < 4.78 is 23.5. The first kappa shape index (κ1) is 11.2. The molecular formula is C11H15O2S. The minimum Gasteiger partial charge on any atom is -0.228 e. The topological polar surface area (TPSA) is 34.1 Å². The molecule has 0 aliphatic heterocycles. The molecule has 77 valence electrons. The standard InChI is InChI=1S/C11H15O2S/c1-9(2)14(12,13)10(3)11-7-5-4-6-8-11/h4-10H,3H2,1-2H3. The zero-order valence-corrected chi connectivity index (χ0v) is 9.29. The van der Waals surface area contributed by atoms with Gasteiger partial charge in [0.15, 0.2) is 9.84 Å². The van der Waals surface area contributed by atoms with Crippen LogP contribution in [0.2, 0.25) is 0 Å². The Kier molecular flexibility index (Phi) is 3.32. The highest BCUT2D eigenvalue weighted by Gasteiger charge is 2.25. The fraction of sp³-hybridized carbons (Fsp3) is 0.364. The van der Waals surface area contributed by atoms with Crippen LogP contribution >= 0.6 is 0 Å². The first-order valence-corrected chi connectivity index (χ1v) is 6.18. The van der Waals surface area contributed by atoms with Crippen LogP contribution in [-0.2, 0) is 9.84 Å². The van der Waals surface area contributed by atoms with E-state index in [2.05, 4.69) is 6.92 Å². The van der Waals surface area contributed by atoms with Crippen molar-refractivity contribution >= 4 is 9.84 Å². The summed E-state index contributed by atoms with van der Waals surface area (Å²) in [6.07, 6.45) is 0. The molecule has 0 aliphatic rings. The van der Waals surface area contributed by atoms with Gasteiger partial charge in [-0.2, -0.15) is 0 Å². The minimum absolute atomic E-state index is 0.384. The van der Waals surface area contributed by atoms with Crippen molar-refractivity contribution in [1.29, 1.82) is 0 Å². The van der Waals surface area contributed by atoms with Crippen molar-refractivity contribution in [3.63, 3.8) is 0 Å². The second-order valence-electron chi connectivity index (χ2n) is 3.54. The summed E-state index contributed by atoms with van der Waals surface area (Å²) in [7, 11) is -3.14. The Labute approximate surface area is 85.9 Å². The summed E-state index contributed by atoms with van der Waals surface area (Å²) in [5, 5.41) is -1.05. The van der Waals surface area contributed by atoms with Crippen molar-refractivity contribution in [1.82, 2.24) is 0 Å². The third-order valence-corrected chi connectivity index (χ3v) is 4.60. The van der Waals surface area contributed by atoms with Crippen LogP contribution < -0.4 is 0 Å². The second-order valence-corrected chi connectivity index (χ2v) is 6.23. The van der Waals surface area contributed by atoms with Gasteiger partial charge in [-0.1, -0.05) is 30.3 Å². The molecule has 0 heterocycles. The molecule has 0 N–H and O–H groups in total. The molecule has 1 rings (SSSR count). The largest absolute Gasteiger partial charge is 0.228 e. The molecule has 1 aromatic carbocycles. The van der Waals surface area contributed by atoms with Gasteiger partial charge in [0.25, 0.3) is 0 Å². The fourth-order valence-corrected chi connectivity index (χ4v) is 2.38. The maximum atomic E-state index is 11.8. The Balaban J connectivity index is 3.03.